The second-order valence-corrected chi connectivity index (χ2v) is 2.67. The molecule has 0 aliphatic carbocycles. The van der Waals surface area contributed by atoms with E-state index < -0.39 is 0 Å². The molecule has 0 atom stereocenters. The fourth-order valence-corrected chi connectivity index (χ4v) is 0.975. The molecule has 0 saturated carbocycles. The SMILES string of the molecule is CCCCn1cc[n+](C)c1.[Br-].[Mo].[Si]. The van der Waals surface area contributed by atoms with Gasteiger partial charge in [-0.2, -0.15) is 0 Å². The van der Waals surface area contributed by atoms with Gasteiger partial charge in [0.2, 0.25) is 6.33 Å². The fourth-order valence-electron chi connectivity index (χ4n) is 0.975. The zero-order valence-corrected chi connectivity index (χ0v) is 12.6. The van der Waals surface area contributed by atoms with Crippen molar-refractivity contribution in [1.29, 1.82) is 0 Å². The second kappa shape index (κ2) is 10.7. The molecule has 0 fully saturated rings. The summed E-state index contributed by atoms with van der Waals surface area (Å²) in [6, 6.07) is 0. The molecule has 5 heteroatoms. The van der Waals surface area contributed by atoms with E-state index in [1.54, 1.807) is 0 Å². The molecule has 0 N–H and O–H groups in total. The molecule has 2 nitrogen and oxygen atoms in total. The Morgan fingerprint density at radius 3 is 2.38 bits per heavy atom. The summed E-state index contributed by atoms with van der Waals surface area (Å²) >= 11 is 0. The average molecular weight is 343 g/mol. The Hall–Kier alpha value is 0.595. The van der Waals surface area contributed by atoms with Crippen LogP contribution in [0.1, 0.15) is 19.8 Å². The minimum atomic E-state index is 0. The molecule has 0 saturated heterocycles. The molecule has 0 aliphatic rings. The topological polar surface area (TPSA) is 8.81 Å². The van der Waals surface area contributed by atoms with Gasteiger partial charge in [-0.3, -0.25) is 0 Å². The molecule has 74 valence electrons. The van der Waals surface area contributed by atoms with E-state index in [-0.39, 0.29) is 49.0 Å². The van der Waals surface area contributed by atoms with Crippen LogP contribution in [0.25, 0.3) is 0 Å². The van der Waals surface area contributed by atoms with Gasteiger partial charge >= 0.3 is 0 Å². The van der Waals surface area contributed by atoms with Gasteiger partial charge in [-0.25, -0.2) is 9.13 Å². The smallest absolute Gasteiger partial charge is 0.243 e. The van der Waals surface area contributed by atoms with E-state index >= 15 is 0 Å². The maximum Gasteiger partial charge on any atom is 0.243 e. The summed E-state index contributed by atoms with van der Waals surface area (Å²) < 4.78 is 4.28. The van der Waals surface area contributed by atoms with Crippen molar-refractivity contribution in [3.8, 4) is 0 Å². The van der Waals surface area contributed by atoms with Crippen LogP contribution in [0, 0.1) is 0 Å². The van der Waals surface area contributed by atoms with Crippen molar-refractivity contribution in [2.75, 3.05) is 0 Å². The minimum absolute atomic E-state index is 0. The summed E-state index contributed by atoms with van der Waals surface area (Å²) in [6.45, 7) is 3.36. The van der Waals surface area contributed by atoms with Crippen LogP contribution in [0.15, 0.2) is 18.7 Å². The van der Waals surface area contributed by atoms with Gasteiger partial charge < -0.3 is 17.0 Å². The maximum atomic E-state index is 2.21. The third kappa shape index (κ3) is 7.65. The zero-order chi connectivity index (χ0) is 7.40. The van der Waals surface area contributed by atoms with Crippen molar-refractivity contribution in [3.63, 3.8) is 0 Å². The van der Waals surface area contributed by atoms with Crippen molar-refractivity contribution < 1.29 is 42.6 Å². The molecule has 1 aromatic rings. The Labute approximate surface area is 110 Å². The normalized spacial score (nSPS) is 7.85. The summed E-state index contributed by atoms with van der Waals surface area (Å²) in [5, 5.41) is 0. The maximum absolute atomic E-state index is 2.21. The molecule has 0 unspecified atom stereocenters. The number of imidazole rings is 1. The first-order valence-electron chi connectivity index (χ1n) is 3.84. The molecule has 0 aromatic carbocycles. The standard InChI is InChI=1S/C8H15N2.BrH.Mo.Si/c1-3-4-5-10-7-6-9(2)8-10;;;/h6-8H,3-5H2,1-2H3;1H;;/q+1;;;/p-1. The molecule has 4 radical (unpaired) electrons. The summed E-state index contributed by atoms with van der Waals surface area (Å²) in [6.07, 6.45) is 8.82. The largest absolute Gasteiger partial charge is 1.00 e. The van der Waals surface area contributed by atoms with E-state index in [2.05, 4.69) is 34.8 Å². The van der Waals surface area contributed by atoms with Crippen molar-refractivity contribution in [2.24, 2.45) is 7.05 Å². The summed E-state index contributed by atoms with van der Waals surface area (Å²) in [4.78, 5) is 0. The molecule has 13 heavy (non-hydrogen) atoms. The van der Waals surface area contributed by atoms with E-state index in [9.17, 15) is 0 Å². The van der Waals surface area contributed by atoms with E-state index in [0.717, 1.165) is 6.54 Å². The molecular formula is C8H15BrMoN2Si. The van der Waals surface area contributed by atoms with E-state index in [0.29, 0.717) is 0 Å². The molecule has 0 spiro atoms. The monoisotopic (exact) mass is 344 g/mol. The van der Waals surface area contributed by atoms with E-state index in [1.807, 2.05) is 7.05 Å². The fraction of sp³-hybridized carbons (Fsp3) is 0.625. The quantitative estimate of drug-likeness (QED) is 0.433. The minimum Gasteiger partial charge on any atom is -1.00 e. The van der Waals surface area contributed by atoms with Gasteiger partial charge in [-0.15, -0.1) is 0 Å². The number of hydrogen-bond acceptors (Lipinski definition) is 0. The first-order chi connectivity index (χ1) is 4.83. The van der Waals surface area contributed by atoms with Crippen molar-refractivity contribution in [2.45, 2.75) is 26.3 Å². The average Bonchev–Trinajstić information content (AvgIpc) is 2.31. The number of aromatic nitrogens is 2. The summed E-state index contributed by atoms with van der Waals surface area (Å²) in [5.74, 6) is 0. The van der Waals surface area contributed by atoms with Gasteiger partial charge in [0.25, 0.3) is 0 Å². The Kier molecular flexibility index (Phi) is 15.8. The predicted octanol–water partition coefficient (Wildman–Crippen LogP) is -2.27. The van der Waals surface area contributed by atoms with Crippen molar-refractivity contribution >= 4 is 11.0 Å². The first-order valence-corrected chi connectivity index (χ1v) is 3.84. The zero-order valence-electron chi connectivity index (χ0n) is 8.03. The number of nitrogens with zero attached hydrogens (tertiary/aromatic N) is 2. The van der Waals surface area contributed by atoms with Crippen molar-refractivity contribution in [1.82, 2.24) is 4.57 Å². The van der Waals surface area contributed by atoms with Gasteiger partial charge in [0.15, 0.2) is 0 Å². The number of aryl methyl sites for hydroxylation is 2. The number of hydrogen-bond donors (Lipinski definition) is 0. The molecular weight excluding hydrogens is 328 g/mol. The van der Waals surface area contributed by atoms with Crippen LogP contribution in [-0.2, 0) is 34.7 Å². The van der Waals surface area contributed by atoms with E-state index in [4.69, 9.17) is 0 Å². The van der Waals surface area contributed by atoms with Crippen LogP contribution in [-0.4, -0.2) is 15.5 Å². The Bertz CT molecular complexity index is 206. The first kappa shape index (κ1) is 19.2. The Morgan fingerprint density at radius 2 is 2.00 bits per heavy atom. The van der Waals surface area contributed by atoms with Crippen LogP contribution in [0.3, 0.4) is 0 Å². The third-order valence-corrected chi connectivity index (χ3v) is 1.59. The molecule has 0 bridgehead atoms. The van der Waals surface area contributed by atoms with Gasteiger partial charge in [-0.05, 0) is 6.42 Å². The molecule has 1 heterocycles. The Balaban J connectivity index is -0.000000333. The Morgan fingerprint density at radius 1 is 1.38 bits per heavy atom. The van der Waals surface area contributed by atoms with Crippen LogP contribution in [0.4, 0.5) is 0 Å². The summed E-state index contributed by atoms with van der Waals surface area (Å²) in [7, 11) is 2.04. The van der Waals surface area contributed by atoms with Crippen LogP contribution in [0.2, 0.25) is 0 Å². The van der Waals surface area contributed by atoms with Crippen LogP contribution >= 0.6 is 0 Å². The molecule has 0 amide bonds. The van der Waals surface area contributed by atoms with Crippen LogP contribution in [0.5, 0.6) is 0 Å². The molecule has 1 rings (SSSR count). The second-order valence-electron chi connectivity index (χ2n) is 2.67. The van der Waals surface area contributed by atoms with Gasteiger partial charge in [-0.1, -0.05) is 13.3 Å². The number of unbranched alkanes of at least 4 members (excludes halogenated alkanes) is 1. The van der Waals surface area contributed by atoms with Gasteiger partial charge in [0.1, 0.15) is 12.4 Å². The van der Waals surface area contributed by atoms with Crippen LogP contribution < -0.4 is 21.5 Å². The van der Waals surface area contributed by atoms with Gasteiger partial charge in [0, 0.05) is 32.0 Å². The number of rotatable bonds is 3. The third-order valence-electron chi connectivity index (χ3n) is 1.59. The number of halogens is 1. The summed E-state index contributed by atoms with van der Waals surface area (Å²) in [5.41, 5.74) is 0. The van der Waals surface area contributed by atoms with E-state index in [1.165, 1.54) is 12.8 Å². The predicted molar refractivity (Wildman–Crippen MR) is 46.3 cm³/mol. The molecule has 1 aromatic heterocycles. The van der Waals surface area contributed by atoms with Crippen molar-refractivity contribution in [3.05, 3.63) is 18.7 Å². The molecule has 0 aliphatic heterocycles. The van der Waals surface area contributed by atoms with Gasteiger partial charge in [0.05, 0.1) is 13.6 Å².